The van der Waals surface area contributed by atoms with Gasteiger partial charge in [0.25, 0.3) is 5.91 Å². The van der Waals surface area contributed by atoms with Gasteiger partial charge in [0, 0.05) is 49.4 Å². The van der Waals surface area contributed by atoms with Crippen molar-refractivity contribution >= 4 is 16.8 Å². The minimum atomic E-state index is -0.00902. The predicted molar refractivity (Wildman–Crippen MR) is 102 cm³/mol. The molecule has 7 nitrogen and oxygen atoms in total. The van der Waals surface area contributed by atoms with Crippen LogP contribution in [0.5, 0.6) is 0 Å². The van der Waals surface area contributed by atoms with Crippen molar-refractivity contribution < 1.29 is 4.79 Å². The third-order valence-corrected chi connectivity index (χ3v) is 5.84. The number of likely N-dealkylation sites (tertiary alicyclic amines) is 1. The molecule has 1 aromatic carbocycles. The molecule has 2 aliphatic rings. The van der Waals surface area contributed by atoms with Gasteiger partial charge in [0.1, 0.15) is 5.82 Å². The number of amides is 1. The Morgan fingerprint density at radius 2 is 1.93 bits per heavy atom. The molecule has 1 saturated heterocycles. The van der Waals surface area contributed by atoms with Crippen molar-refractivity contribution in [3.63, 3.8) is 0 Å². The summed E-state index contributed by atoms with van der Waals surface area (Å²) in [6.07, 6.45) is 5.71. The van der Waals surface area contributed by atoms with Crippen LogP contribution in [0.4, 0.5) is 0 Å². The van der Waals surface area contributed by atoms with Gasteiger partial charge in [-0.2, -0.15) is 5.10 Å². The van der Waals surface area contributed by atoms with E-state index in [4.69, 9.17) is 0 Å². The molecule has 0 radical (unpaired) electrons. The zero-order chi connectivity index (χ0) is 18.5. The van der Waals surface area contributed by atoms with E-state index in [-0.39, 0.29) is 17.5 Å². The standard InChI is InChI=1S/C20H23N5O2/c1-23-20(27)25(16-4-5-16)18(22-23)14-7-10-24(11-8-14)19(26)15-3-2-13-6-9-21-17(13)12-15/h2-3,6,9,12,14,16,21H,4-5,7-8,10-11H2,1H3. The van der Waals surface area contributed by atoms with Gasteiger partial charge in [-0.3, -0.25) is 9.36 Å². The Hall–Kier alpha value is -2.83. The SMILES string of the molecule is Cn1nc(C2CCN(C(=O)c3ccc4cc[nH]c4c3)CC2)n(C2CC2)c1=O. The van der Waals surface area contributed by atoms with E-state index in [0.717, 1.165) is 48.0 Å². The highest BCUT2D eigenvalue weighted by Crippen LogP contribution is 2.37. The number of carbonyl (C=O) groups excluding carboxylic acids is 1. The van der Waals surface area contributed by atoms with Crippen molar-refractivity contribution in [2.45, 2.75) is 37.6 Å². The van der Waals surface area contributed by atoms with Crippen LogP contribution in [-0.2, 0) is 7.05 Å². The Balaban J connectivity index is 1.32. The number of rotatable bonds is 3. The lowest BCUT2D eigenvalue weighted by molar-refractivity contribution is 0.0710. The van der Waals surface area contributed by atoms with Crippen molar-refractivity contribution in [1.82, 2.24) is 24.2 Å². The Labute approximate surface area is 156 Å². The number of hydrogen-bond acceptors (Lipinski definition) is 3. The Morgan fingerprint density at radius 3 is 2.67 bits per heavy atom. The molecule has 140 valence electrons. The van der Waals surface area contributed by atoms with Gasteiger partial charge in [-0.15, -0.1) is 0 Å². The Bertz CT molecular complexity index is 1060. The van der Waals surface area contributed by atoms with Gasteiger partial charge in [0.2, 0.25) is 0 Å². The summed E-state index contributed by atoms with van der Waals surface area (Å²) in [7, 11) is 1.72. The molecule has 7 heteroatoms. The van der Waals surface area contributed by atoms with E-state index in [1.807, 2.05) is 39.9 Å². The Kier molecular flexibility index (Phi) is 3.70. The van der Waals surface area contributed by atoms with E-state index in [2.05, 4.69) is 10.1 Å². The normalized spacial score (nSPS) is 18.3. The number of aromatic nitrogens is 4. The van der Waals surface area contributed by atoms with Gasteiger partial charge in [-0.05, 0) is 49.3 Å². The molecular formula is C20H23N5O2. The maximum absolute atomic E-state index is 12.9. The van der Waals surface area contributed by atoms with Crippen LogP contribution in [0.1, 0.15) is 53.8 Å². The number of fused-ring (bicyclic) bond motifs is 1. The maximum atomic E-state index is 12.9. The second-order valence-electron chi connectivity index (χ2n) is 7.71. The predicted octanol–water partition coefficient (Wildman–Crippen LogP) is 2.42. The fourth-order valence-corrected chi connectivity index (χ4v) is 4.16. The molecule has 5 rings (SSSR count). The fourth-order valence-electron chi connectivity index (χ4n) is 4.16. The summed E-state index contributed by atoms with van der Waals surface area (Å²) in [6.45, 7) is 1.39. The van der Waals surface area contributed by atoms with Gasteiger partial charge in [-0.25, -0.2) is 9.48 Å². The molecule has 1 amide bonds. The molecule has 0 bridgehead atoms. The van der Waals surface area contributed by atoms with Gasteiger partial charge >= 0.3 is 5.69 Å². The summed E-state index contributed by atoms with van der Waals surface area (Å²) >= 11 is 0. The van der Waals surface area contributed by atoms with Crippen LogP contribution < -0.4 is 5.69 Å². The molecule has 0 unspecified atom stereocenters. The van der Waals surface area contributed by atoms with E-state index < -0.39 is 0 Å². The third kappa shape index (κ3) is 2.78. The van der Waals surface area contributed by atoms with Crippen molar-refractivity contribution in [1.29, 1.82) is 0 Å². The summed E-state index contributed by atoms with van der Waals surface area (Å²) in [4.78, 5) is 30.3. The molecule has 0 atom stereocenters. The number of benzene rings is 1. The van der Waals surface area contributed by atoms with Gasteiger partial charge < -0.3 is 9.88 Å². The van der Waals surface area contributed by atoms with E-state index in [1.54, 1.807) is 7.05 Å². The first-order chi connectivity index (χ1) is 13.1. The van der Waals surface area contributed by atoms with Crippen molar-refractivity contribution in [2.24, 2.45) is 7.05 Å². The lowest BCUT2D eigenvalue weighted by atomic mass is 9.95. The first kappa shape index (κ1) is 16.4. The number of carbonyl (C=O) groups is 1. The number of nitrogens with one attached hydrogen (secondary N) is 1. The summed E-state index contributed by atoms with van der Waals surface area (Å²) in [5.41, 5.74) is 1.69. The number of hydrogen-bond donors (Lipinski definition) is 1. The van der Waals surface area contributed by atoms with Crippen LogP contribution >= 0.6 is 0 Å². The summed E-state index contributed by atoms with van der Waals surface area (Å²) in [5.74, 6) is 1.23. The van der Waals surface area contributed by atoms with Crippen LogP contribution in [0.25, 0.3) is 10.9 Å². The molecule has 2 aromatic heterocycles. The van der Waals surface area contributed by atoms with Gasteiger partial charge in [-0.1, -0.05) is 6.07 Å². The highest BCUT2D eigenvalue weighted by atomic mass is 16.2. The third-order valence-electron chi connectivity index (χ3n) is 5.84. The molecule has 2 fully saturated rings. The number of aromatic amines is 1. The van der Waals surface area contributed by atoms with Crippen molar-refractivity contribution in [2.75, 3.05) is 13.1 Å². The average Bonchev–Trinajstić information content (AvgIpc) is 3.33. The van der Waals surface area contributed by atoms with E-state index in [1.165, 1.54) is 4.68 Å². The van der Waals surface area contributed by atoms with Crippen molar-refractivity contribution in [3.05, 3.63) is 52.3 Å². The highest BCUT2D eigenvalue weighted by molar-refractivity contribution is 5.98. The maximum Gasteiger partial charge on any atom is 0.345 e. The molecule has 3 heterocycles. The van der Waals surface area contributed by atoms with E-state index >= 15 is 0 Å². The van der Waals surface area contributed by atoms with Crippen LogP contribution in [-0.4, -0.2) is 43.2 Å². The van der Waals surface area contributed by atoms with Gasteiger partial charge in [0.05, 0.1) is 0 Å². The van der Waals surface area contributed by atoms with E-state index in [9.17, 15) is 9.59 Å². The first-order valence-electron chi connectivity index (χ1n) is 9.63. The lowest BCUT2D eigenvalue weighted by Crippen LogP contribution is -2.38. The summed E-state index contributed by atoms with van der Waals surface area (Å²) < 4.78 is 3.35. The van der Waals surface area contributed by atoms with Gasteiger partial charge in [0.15, 0.2) is 0 Å². The highest BCUT2D eigenvalue weighted by Gasteiger charge is 2.34. The number of nitrogens with zero attached hydrogens (tertiary/aromatic N) is 4. The second-order valence-corrected chi connectivity index (χ2v) is 7.71. The second kappa shape index (κ2) is 6.11. The summed E-state index contributed by atoms with van der Waals surface area (Å²) in [5, 5.41) is 5.62. The van der Waals surface area contributed by atoms with Crippen LogP contribution in [0.15, 0.2) is 35.3 Å². The van der Waals surface area contributed by atoms with Crippen LogP contribution in [0.2, 0.25) is 0 Å². The quantitative estimate of drug-likeness (QED) is 0.774. The van der Waals surface area contributed by atoms with Crippen LogP contribution in [0.3, 0.4) is 0 Å². The molecule has 1 saturated carbocycles. The molecule has 1 N–H and O–H groups in total. The minimum Gasteiger partial charge on any atom is -0.361 e. The number of piperidine rings is 1. The number of aryl methyl sites for hydroxylation is 1. The fraction of sp³-hybridized carbons (Fsp3) is 0.450. The zero-order valence-corrected chi connectivity index (χ0v) is 15.4. The molecule has 0 spiro atoms. The minimum absolute atomic E-state index is 0.00902. The van der Waals surface area contributed by atoms with Crippen molar-refractivity contribution in [3.8, 4) is 0 Å². The molecular weight excluding hydrogens is 342 g/mol. The Morgan fingerprint density at radius 1 is 1.15 bits per heavy atom. The molecule has 3 aromatic rings. The van der Waals surface area contributed by atoms with E-state index in [0.29, 0.717) is 19.1 Å². The average molecular weight is 365 g/mol. The molecule has 1 aliphatic heterocycles. The summed E-state index contributed by atoms with van der Waals surface area (Å²) in [6, 6.07) is 8.13. The monoisotopic (exact) mass is 365 g/mol. The largest absolute Gasteiger partial charge is 0.361 e. The molecule has 1 aliphatic carbocycles. The topological polar surface area (TPSA) is 75.9 Å². The first-order valence-corrected chi connectivity index (χ1v) is 9.63. The molecule has 27 heavy (non-hydrogen) atoms. The van der Waals surface area contributed by atoms with Crippen LogP contribution in [0, 0.1) is 0 Å². The zero-order valence-electron chi connectivity index (χ0n) is 15.4. The number of H-pyrrole nitrogens is 1. The lowest BCUT2D eigenvalue weighted by Gasteiger charge is -2.31. The smallest absolute Gasteiger partial charge is 0.345 e.